The van der Waals surface area contributed by atoms with Gasteiger partial charge >= 0.3 is 6.18 Å². The maximum atomic E-state index is 15.5. The summed E-state index contributed by atoms with van der Waals surface area (Å²) in [6, 6.07) is -10.7. The van der Waals surface area contributed by atoms with Crippen LogP contribution in [-0.2, 0) is 57.5 Å². The summed E-state index contributed by atoms with van der Waals surface area (Å²) in [5.74, 6) is -10.3. The first-order valence-corrected chi connectivity index (χ1v) is 39.2. The van der Waals surface area contributed by atoms with E-state index in [-0.39, 0.29) is 101 Å². The highest BCUT2D eigenvalue weighted by Gasteiger charge is 2.53. The van der Waals surface area contributed by atoms with Crippen LogP contribution < -0.4 is 16.0 Å². The van der Waals surface area contributed by atoms with Gasteiger partial charge in [-0.25, -0.2) is 0 Å². The smallest absolute Gasteiger partial charge is 0.343 e. The Morgan fingerprint density at radius 3 is 1.72 bits per heavy atom. The molecule has 0 aromatic heterocycles. The summed E-state index contributed by atoms with van der Waals surface area (Å²) in [6.07, 6.45) is 9.24. The summed E-state index contributed by atoms with van der Waals surface area (Å²) >= 11 is 6.42. The van der Waals surface area contributed by atoms with Crippen LogP contribution in [0, 0.1) is 35.5 Å². The number of halogens is 4. The molecule has 4 heterocycles. The van der Waals surface area contributed by atoms with Crippen LogP contribution in [0.3, 0.4) is 0 Å². The van der Waals surface area contributed by atoms with E-state index in [1.165, 1.54) is 81.5 Å². The topological polar surface area (TPSA) is 270 Å². The van der Waals surface area contributed by atoms with Crippen molar-refractivity contribution in [3.8, 4) is 0 Å². The fourth-order valence-corrected chi connectivity index (χ4v) is 18.3. The van der Waals surface area contributed by atoms with E-state index in [9.17, 15) is 27.6 Å². The molecule has 580 valence electrons. The van der Waals surface area contributed by atoms with Gasteiger partial charge in [0, 0.05) is 73.8 Å². The molecule has 103 heavy (non-hydrogen) atoms. The fourth-order valence-electron chi connectivity index (χ4n) is 17.8. The van der Waals surface area contributed by atoms with Crippen LogP contribution in [0.25, 0.3) is 0 Å². The molecule has 8 rings (SSSR count). The van der Waals surface area contributed by atoms with Crippen LogP contribution in [-0.4, -0.2) is 261 Å². The molecule has 24 nitrogen and oxygen atoms in total. The van der Waals surface area contributed by atoms with E-state index in [0.29, 0.717) is 51.6 Å². The second kappa shape index (κ2) is 36.3. The van der Waals surface area contributed by atoms with Gasteiger partial charge in [0.25, 0.3) is 0 Å². The average molecular weight is 1470 g/mol. The van der Waals surface area contributed by atoms with Gasteiger partial charge in [-0.05, 0) is 133 Å². The monoisotopic (exact) mass is 1470 g/mol. The van der Waals surface area contributed by atoms with Crippen molar-refractivity contribution in [3.63, 3.8) is 0 Å². The van der Waals surface area contributed by atoms with Crippen molar-refractivity contribution in [1.29, 1.82) is 0 Å². The van der Waals surface area contributed by atoms with Gasteiger partial charge in [0.1, 0.15) is 59.9 Å². The van der Waals surface area contributed by atoms with Crippen molar-refractivity contribution in [1.82, 2.24) is 60.0 Å². The van der Waals surface area contributed by atoms with E-state index in [1.807, 2.05) is 13.8 Å². The third-order valence-corrected chi connectivity index (χ3v) is 25.3. The van der Waals surface area contributed by atoms with Crippen molar-refractivity contribution in [2.24, 2.45) is 35.5 Å². The van der Waals surface area contributed by atoms with Crippen LogP contribution in [0.4, 0.5) is 13.2 Å². The van der Waals surface area contributed by atoms with E-state index in [4.69, 9.17) is 11.6 Å². The molecular formula is C75H120ClF3N12O12. The molecule has 12 amide bonds. The van der Waals surface area contributed by atoms with Gasteiger partial charge in [-0.2, -0.15) is 13.2 Å². The van der Waals surface area contributed by atoms with Gasteiger partial charge < -0.3 is 60.0 Å². The minimum Gasteiger partial charge on any atom is -0.343 e. The Morgan fingerprint density at radius 1 is 0.563 bits per heavy atom. The summed E-state index contributed by atoms with van der Waals surface area (Å²) in [4.78, 5) is 194. The molecule has 4 saturated heterocycles. The third-order valence-electron chi connectivity index (χ3n) is 24.9. The first-order chi connectivity index (χ1) is 48.7. The predicted octanol–water partition coefficient (Wildman–Crippen LogP) is 7.02. The number of rotatable bonds is 11. The normalized spacial score (nSPS) is 31.5. The largest absolute Gasteiger partial charge is 0.393 e. The first-order valence-electron chi connectivity index (χ1n) is 38.8. The van der Waals surface area contributed by atoms with Gasteiger partial charge in [0.05, 0.1) is 18.9 Å². The Hall–Kier alpha value is -6.28. The van der Waals surface area contributed by atoms with Gasteiger partial charge in [0.2, 0.25) is 70.9 Å². The quantitative estimate of drug-likeness (QED) is 0.176. The molecule has 0 bridgehead atoms. The lowest BCUT2D eigenvalue weighted by atomic mass is 9.78. The number of fused-ring (bicyclic) bond motifs is 2. The molecule has 1 spiro atoms. The van der Waals surface area contributed by atoms with E-state index in [1.54, 1.807) is 25.7 Å². The second-order valence-corrected chi connectivity index (χ2v) is 32.7. The zero-order valence-electron chi connectivity index (χ0n) is 63.2. The highest BCUT2D eigenvalue weighted by Crippen LogP contribution is 2.44. The maximum absolute atomic E-state index is 15.5. The Morgan fingerprint density at radius 2 is 1.16 bits per heavy atom. The molecule has 0 radical (unpaired) electrons. The van der Waals surface area contributed by atoms with E-state index in [0.717, 1.165) is 70.6 Å². The van der Waals surface area contributed by atoms with Crippen LogP contribution in [0.1, 0.15) is 221 Å². The van der Waals surface area contributed by atoms with E-state index in [2.05, 4.69) is 16.0 Å². The number of likely N-dealkylation sites (N-methyl/N-ethyl adjacent to an activating group) is 6. The molecule has 3 unspecified atom stereocenters. The summed E-state index contributed by atoms with van der Waals surface area (Å²) in [5, 5.41) is 7.72. The van der Waals surface area contributed by atoms with Crippen LogP contribution in [0.15, 0.2) is 0 Å². The van der Waals surface area contributed by atoms with E-state index >= 15 is 43.2 Å². The number of hydrogen-bond donors (Lipinski definition) is 3. The molecule has 8 aliphatic rings. The number of nitrogens with zero attached hydrogens (tertiary/aromatic N) is 9. The summed E-state index contributed by atoms with van der Waals surface area (Å²) in [7, 11) is 8.80. The Labute approximate surface area is 613 Å². The molecule has 3 N–H and O–H groups in total. The third kappa shape index (κ3) is 19.7. The number of amides is 12. The number of likely N-dealkylation sites (tertiary alicyclic amines) is 1. The minimum absolute atomic E-state index is 0.00278. The molecule has 4 saturated carbocycles. The number of piperidine rings is 1. The number of hydrogen-bond acceptors (Lipinski definition) is 12. The molecule has 13 atom stereocenters. The highest BCUT2D eigenvalue weighted by molar-refractivity contribution is 6.21. The second-order valence-electron chi connectivity index (χ2n) is 32.2. The predicted molar refractivity (Wildman–Crippen MR) is 382 cm³/mol. The molecule has 28 heteroatoms. The molecule has 0 aromatic carbocycles. The lowest BCUT2D eigenvalue weighted by molar-refractivity contribution is -0.182. The lowest BCUT2D eigenvalue weighted by Gasteiger charge is -2.45. The van der Waals surface area contributed by atoms with Gasteiger partial charge in [0.15, 0.2) is 0 Å². The number of carbonyl (C=O) groups is 12. The van der Waals surface area contributed by atoms with Gasteiger partial charge in [-0.15, -0.1) is 11.6 Å². The molecule has 0 aromatic rings. The van der Waals surface area contributed by atoms with Crippen molar-refractivity contribution >= 4 is 82.5 Å². The molecule has 8 fully saturated rings. The van der Waals surface area contributed by atoms with Crippen molar-refractivity contribution in [3.05, 3.63) is 0 Å². The zero-order valence-corrected chi connectivity index (χ0v) is 64.0. The maximum Gasteiger partial charge on any atom is 0.393 e. The van der Waals surface area contributed by atoms with Gasteiger partial charge in [-0.1, -0.05) is 111 Å². The molecular weight excluding hydrogens is 1350 g/mol. The summed E-state index contributed by atoms with van der Waals surface area (Å²) in [6.45, 7) is 9.15. The summed E-state index contributed by atoms with van der Waals surface area (Å²) < 4.78 is 42.1. The van der Waals surface area contributed by atoms with Gasteiger partial charge in [-0.3, -0.25) is 57.5 Å². The fraction of sp³-hybridized carbons (Fsp3) is 0.840. The zero-order chi connectivity index (χ0) is 75.5. The first kappa shape index (κ1) is 82.4. The Kier molecular flexibility index (Phi) is 29.1. The SMILES string of the molecule is CC[C@H](C)[C@@H]1NC(=O)[C@H](CC2CCCCC2)N(C)C(=O)C[C@@H](C(=O)N2CCCCC2)N(C)C(=O)[C@H](C(C)C)N(C)C(=O)C2(CCCC2)NC(=O)[C@@H]2CCCN2C(=O)[C@H](CCC2CCC(C(F)(F)F)C(Cl)C2)NC(=O)CN(C)C(=O)[C@H](CC2CCCCC2)N(C)C(=O)[C@@H]2CCN2C(=O)[C@H](C)N(C)C1=O. The molecule has 4 aliphatic heterocycles. The van der Waals surface area contributed by atoms with E-state index < -0.39 is 173 Å². The Bertz CT molecular complexity index is 3030. The van der Waals surface area contributed by atoms with Crippen LogP contribution in [0.2, 0.25) is 0 Å². The van der Waals surface area contributed by atoms with Crippen molar-refractivity contribution in [2.45, 2.75) is 292 Å². The lowest BCUT2D eigenvalue weighted by Crippen LogP contribution is -2.65. The highest BCUT2D eigenvalue weighted by atomic mass is 35.5. The molecule has 4 aliphatic carbocycles. The summed E-state index contributed by atoms with van der Waals surface area (Å²) in [5.41, 5.74) is -1.56. The average Bonchev–Trinajstić information content (AvgIpc) is 1.32. The number of nitrogens with one attached hydrogen (secondary N) is 3. The Balaban J connectivity index is 1.16. The standard InChI is InChI=1S/C75H120ClF3N12O12/c1-12-47(4)62-71(101)84(7)48(5)66(96)91-40-34-56(91)69(99)86(9)58(43-50-27-18-14-19-28-50)68(98)83(6)45-60(92)80-54(33-31-51-30-32-52(53(76)41-51)75(77,78)79)67(97)90-39-24-29-55(90)65(95)82-74(35-20-21-36-74)73(103)88(11)63(46(2)3)72(102)87(10)59(70(100)89-37-22-15-23-38-89)44-61(93)85(8)57(64(94)81-62)42-49-25-16-13-17-26-49/h46-59,62-63H,12-45H2,1-11H3,(H,80,92)(H,81,94)(H,82,95)/t47-,48-,51?,52?,53?,54-,55-,56-,57-,58-,59-,62-,63-/m0/s1. The minimum atomic E-state index is -4.51. The van der Waals surface area contributed by atoms with Crippen LogP contribution >= 0.6 is 11.6 Å². The number of carbonyl (C=O) groups excluding carboxylic acids is 12. The van der Waals surface area contributed by atoms with Crippen molar-refractivity contribution in [2.75, 3.05) is 75.0 Å². The van der Waals surface area contributed by atoms with Crippen molar-refractivity contribution < 1.29 is 70.7 Å². The van der Waals surface area contributed by atoms with Crippen LogP contribution in [0.5, 0.6) is 0 Å². The number of alkyl halides is 4.